The van der Waals surface area contributed by atoms with E-state index >= 15 is 0 Å². The topological polar surface area (TPSA) is 12.0 Å². The molecule has 1 nitrogen and oxygen atoms in total. The zero-order valence-corrected chi connectivity index (χ0v) is 10.2. The van der Waals surface area contributed by atoms with E-state index in [4.69, 9.17) is 0 Å². The highest BCUT2D eigenvalue weighted by molar-refractivity contribution is 7.99. The number of unbranched alkanes of at least 4 members (excludes halogenated alkanes) is 1. The predicted molar refractivity (Wildman–Crippen MR) is 66.0 cm³/mol. The first-order valence-electron chi connectivity index (χ1n) is 5.23. The van der Waals surface area contributed by atoms with Crippen molar-refractivity contribution in [2.24, 2.45) is 0 Å². The van der Waals surface area contributed by atoms with Crippen LogP contribution in [0.1, 0.15) is 25.7 Å². The van der Waals surface area contributed by atoms with Gasteiger partial charge in [-0.2, -0.15) is 23.5 Å². The Bertz CT molecular complexity index is 113. The summed E-state index contributed by atoms with van der Waals surface area (Å²) in [5.74, 6) is 4.04. The lowest BCUT2D eigenvalue weighted by Gasteiger charge is -2.22. The predicted octanol–water partition coefficient (Wildman–Crippen LogP) is 2.61. The molecule has 0 saturated carbocycles. The number of nitrogens with one attached hydrogen (secondary N) is 1. The lowest BCUT2D eigenvalue weighted by atomic mass is 10.2. The van der Waals surface area contributed by atoms with Crippen molar-refractivity contribution in [1.82, 2.24) is 5.32 Å². The van der Waals surface area contributed by atoms with Gasteiger partial charge >= 0.3 is 0 Å². The fraction of sp³-hybridized carbons (Fsp3) is 1.00. The van der Waals surface area contributed by atoms with Crippen molar-refractivity contribution in [2.75, 3.05) is 30.1 Å². The van der Waals surface area contributed by atoms with Crippen LogP contribution in [-0.4, -0.2) is 36.1 Å². The summed E-state index contributed by atoms with van der Waals surface area (Å²) < 4.78 is 0. The summed E-state index contributed by atoms with van der Waals surface area (Å²) in [7, 11) is 0. The smallest absolute Gasteiger partial charge is 0.0158 e. The highest BCUT2D eigenvalue weighted by atomic mass is 32.2. The molecule has 0 bridgehead atoms. The van der Waals surface area contributed by atoms with Gasteiger partial charge in [0.15, 0.2) is 0 Å². The van der Waals surface area contributed by atoms with Gasteiger partial charge in [0.05, 0.1) is 0 Å². The second-order valence-electron chi connectivity index (χ2n) is 3.57. The molecule has 1 aliphatic rings. The van der Waals surface area contributed by atoms with E-state index in [2.05, 4.69) is 23.3 Å². The number of rotatable bonds is 6. The van der Waals surface area contributed by atoms with E-state index in [-0.39, 0.29) is 0 Å². The Balaban J connectivity index is 1.86. The lowest BCUT2D eigenvalue weighted by molar-refractivity contribution is 0.499. The fourth-order valence-electron chi connectivity index (χ4n) is 1.58. The molecule has 0 aromatic rings. The minimum absolute atomic E-state index is 0.813. The summed E-state index contributed by atoms with van der Waals surface area (Å²) in [6, 6.07) is 0.813. The van der Waals surface area contributed by atoms with Crippen molar-refractivity contribution in [2.45, 2.75) is 31.7 Å². The van der Waals surface area contributed by atoms with Gasteiger partial charge < -0.3 is 5.32 Å². The Morgan fingerprint density at radius 2 is 2.38 bits per heavy atom. The summed E-state index contributed by atoms with van der Waals surface area (Å²) in [4.78, 5) is 0. The third-order valence-corrected chi connectivity index (χ3v) is 4.28. The standard InChI is InChI=1S/C10H21NS2/c1-12-7-3-2-6-11-10-5-4-8-13-9-10/h10-11H,2-9H2,1H3. The second-order valence-corrected chi connectivity index (χ2v) is 5.70. The molecular weight excluding hydrogens is 198 g/mol. The normalized spacial score (nSPS) is 23.3. The fourth-order valence-corrected chi connectivity index (χ4v) is 3.18. The van der Waals surface area contributed by atoms with Gasteiger partial charge in [0, 0.05) is 11.8 Å². The minimum Gasteiger partial charge on any atom is -0.313 e. The monoisotopic (exact) mass is 219 g/mol. The summed E-state index contributed by atoms with van der Waals surface area (Å²) in [5.41, 5.74) is 0. The molecule has 1 saturated heterocycles. The van der Waals surface area contributed by atoms with E-state index in [0.717, 1.165) is 6.04 Å². The van der Waals surface area contributed by atoms with Crippen molar-refractivity contribution in [3.63, 3.8) is 0 Å². The summed E-state index contributed by atoms with van der Waals surface area (Å²) in [6.07, 6.45) is 7.71. The molecule has 0 spiro atoms. The highest BCUT2D eigenvalue weighted by Gasteiger charge is 2.11. The zero-order valence-electron chi connectivity index (χ0n) is 8.55. The molecule has 0 aliphatic carbocycles. The van der Waals surface area contributed by atoms with Crippen LogP contribution >= 0.6 is 23.5 Å². The quantitative estimate of drug-likeness (QED) is 0.690. The average molecular weight is 219 g/mol. The first-order valence-corrected chi connectivity index (χ1v) is 7.78. The molecule has 1 N–H and O–H groups in total. The largest absolute Gasteiger partial charge is 0.313 e. The minimum atomic E-state index is 0.813. The van der Waals surface area contributed by atoms with Gasteiger partial charge in [0.1, 0.15) is 0 Å². The molecule has 1 unspecified atom stereocenters. The molecule has 1 rings (SSSR count). The van der Waals surface area contributed by atoms with Gasteiger partial charge in [-0.15, -0.1) is 0 Å². The van der Waals surface area contributed by atoms with Crippen LogP contribution in [0.4, 0.5) is 0 Å². The summed E-state index contributed by atoms with van der Waals surface area (Å²) in [5, 5.41) is 3.65. The van der Waals surface area contributed by atoms with Crippen molar-refractivity contribution in [1.29, 1.82) is 0 Å². The van der Waals surface area contributed by atoms with Crippen molar-refractivity contribution < 1.29 is 0 Å². The van der Waals surface area contributed by atoms with Crippen LogP contribution in [-0.2, 0) is 0 Å². The van der Waals surface area contributed by atoms with Crippen LogP contribution in [0.25, 0.3) is 0 Å². The van der Waals surface area contributed by atoms with Crippen LogP contribution in [0.3, 0.4) is 0 Å². The lowest BCUT2D eigenvalue weighted by Crippen LogP contribution is -2.34. The Labute approximate surface area is 90.8 Å². The first kappa shape index (κ1) is 11.7. The number of thioether (sulfide) groups is 2. The van der Waals surface area contributed by atoms with Crippen LogP contribution in [0.5, 0.6) is 0 Å². The average Bonchev–Trinajstić information content (AvgIpc) is 2.19. The van der Waals surface area contributed by atoms with E-state index in [0.29, 0.717) is 0 Å². The van der Waals surface area contributed by atoms with E-state index < -0.39 is 0 Å². The van der Waals surface area contributed by atoms with Crippen LogP contribution < -0.4 is 5.32 Å². The molecule has 0 amide bonds. The molecule has 13 heavy (non-hydrogen) atoms. The second kappa shape index (κ2) is 8.01. The molecule has 0 aromatic carbocycles. The van der Waals surface area contributed by atoms with Gasteiger partial charge in [-0.25, -0.2) is 0 Å². The summed E-state index contributed by atoms with van der Waals surface area (Å²) in [6.45, 7) is 1.23. The maximum atomic E-state index is 3.65. The van der Waals surface area contributed by atoms with E-state index in [1.165, 1.54) is 49.5 Å². The Morgan fingerprint density at radius 1 is 1.46 bits per heavy atom. The van der Waals surface area contributed by atoms with Crippen molar-refractivity contribution in [3.8, 4) is 0 Å². The van der Waals surface area contributed by atoms with Crippen LogP contribution in [0, 0.1) is 0 Å². The van der Waals surface area contributed by atoms with E-state index in [1.807, 2.05) is 11.8 Å². The molecule has 1 atom stereocenters. The Morgan fingerprint density at radius 3 is 3.08 bits per heavy atom. The molecule has 0 radical (unpaired) electrons. The third-order valence-electron chi connectivity index (χ3n) is 2.37. The Kier molecular flexibility index (Phi) is 7.23. The SMILES string of the molecule is CSCCCCNC1CCCSC1. The van der Waals surface area contributed by atoms with Gasteiger partial charge in [0.2, 0.25) is 0 Å². The van der Waals surface area contributed by atoms with Gasteiger partial charge in [-0.3, -0.25) is 0 Å². The van der Waals surface area contributed by atoms with E-state index in [9.17, 15) is 0 Å². The Hall–Kier alpha value is 0.660. The third kappa shape index (κ3) is 5.87. The van der Waals surface area contributed by atoms with Crippen LogP contribution in [0.2, 0.25) is 0 Å². The highest BCUT2D eigenvalue weighted by Crippen LogP contribution is 2.16. The zero-order chi connectivity index (χ0) is 9.36. The summed E-state index contributed by atoms with van der Waals surface area (Å²) >= 11 is 4.06. The van der Waals surface area contributed by atoms with Gasteiger partial charge in [-0.05, 0) is 50.0 Å². The molecule has 1 aliphatic heterocycles. The molecule has 1 heterocycles. The van der Waals surface area contributed by atoms with Crippen LogP contribution in [0.15, 0.2) is 0 Å². The molecule has 1 fully saturated rings. The maximum absolute atomic E-state index is 3.65. The molecule has 3 heteroatoms. The molecular formula is C10H21NS2. The van der Waals surface area contributed by atoms with E-state index in [1.54, 1.807) is 0 Å². The molecule has 78 valence electrons. The first-order chi connectivity index (χ1) is 6.43. The van der Waals surface area contributed by atoms with Gasteiger partial charge in [0.25, 0.3) is 0 Å². The number of hydrogen-bond acceptors (Lipinski definition) is 3. The van der Waals surface area contributed by atoms with Crippen molar-refractivity contribution in [3.05, 3.63) is 0 Å². The van der Waals surface area contributed by atoms with Crippen molar-refractivity contribution >= 4 is 23.5 Å². The molecule has 0 aromatic heterocycles. The number of hydrogen-bond donors (Lipinski definition) is 1. The maximum Gasteiger partial charge on any atom is 0.0158 e. The van der Waals surface area contributed by atoms with Gasteiger partial charge in [-0.1, -0.05) is 0 Å².